The third kappa shape index (κ3) is 4.38. The van der Waals surface area contributed by atoms with E-state index in [1.807, 2.05) is 55.5 Å². The van der Waals surface area contributed by atoms with Gasteiger partial charge in [0.2, 0.25) is 5.91 Å². The smallest absolute Gasteiger partial charge is 0.343 e. The minimum atomic E-state index is -0.999. The Morgan fingerprint density at radius 1 is 0.775 bits per heavy atom. The highest BCUT2D eigenvalue weighted by Crippen LogP contribution is 2.48. The summed E-state index contributed by atoms with van der Waals surface area (Å²) in [6, 6.07) is 29.7. The molecule has 40 heavy (non-hydrogen) atoms. The molecule has 200 valence electrons. The van der Waals surface area contributed by atoms with Gasteiger partial charge in [-0.1, -0.05) is 60.2 Å². The predicted octanol–water partition coefficient (Wildman–Crippen LogP) is 5.27. The minimum Gasteiger partial charge on any atom is -0.493 e. The highest BCUT2D eigenvalue weighted by atomic mass is 16.7. The van der Waals surface area contributed by atoms with E-state index in [2.05, 4.69) is 0 Å². The van der Waals surface area contributed by atoms with Crippen LogP contribution >= 0.6 is 0 Å². The summed E-state index contributed by atoms with van der Waals surface area (Å²) in [6.07, 6.45) is -0.999. The fraction of sp³-hybridized carbons (Fsp3) is 0.156. The van der Waals surface area contributed by atoms with Gasteiger partial charge in [-0.25, -0.2) is 14.8 Å². The summed E-state index contributed by atoms with van der Waals surface area (Å²) >= 11 is 0. The number of hydroxylamine groups is 1. The van der Waals surface area contributed by atoms with E-state index in [1.165, 1.54) is 12.0 Å². The van der Waals surface area contributed by atoms with Gasteiger partial charge in [-0.3, -0.25) is 14.4 Å². The molecule has 2 aliphatic heterocycles. The van der Waals surface area contributed by atoms with Crippen molar-refractivity contribution in [2.45, 2.75) is 19.1 Å². The first kappa shape index (κ1) is 25.3. The lowest BCUT2D eigenvalue weighted by atomic mass is 9.90. The van der Waals surface area contributed by atoms with Gasteiger partial charge in [0, 0.05) is 0 Å². The van der Waals surface area contributed by atoms with Gasteiger partial charge in [-0.15, -0.1) is 0 Å². The molecule has 0 aromatic heterocycles. The van der Waals surface area contributed by atoms with Gasteiger partial charge < -0.3 is 9.47 Å². The van der Waals surface area contributed by atoms with Gasteiger partial charge in [0.25, 0.3) is 5.91 Å². The summed E-state index contributed by atoms with van der Waals surface area (Å²) in [5, 5.41) is 1.61. The number of methoxy groups -OCH3 is 1. The molecule has 0 bridgehead atoms. The number of ether oxygens (including phenoxy) is 2. The van der Waals surface area contributed by atoms with Crippen molar-refractivity contribution in [3.05, 3.63) is 120 Å². The molecule has 8 nitrogen and oxygen atoms in total. The number of carbonyl (C=O) groups excluding carboxylic acids is 3. The van der Waals surface area contributed by atoms with Crippen molar-refractivity contribution in [2.75, 3.05) is 17.1 Å². The lowest BCUT2D eigenvalue weighted by Crippen LogP contribution is -2.37. The summed E-state index contributed by atoms with van der Waals surface area (Å²) in [7, 11) is 1.48. The first-order valence-corrected chi connectivity index (χ1v) is 12.9. The van der Waals surface area contributed by atoms with Gasteiger partial charge in [-0.2, -0.15) is 0 Å². The Labute approximate surface area is 231 Å². The van der Waals surface area contributed by atoms with Crippen molar-refractivity contribution >= 4 is 29.2 Å². The number of fused-ring (bicyclic) bond motifs is 1. The van der Waals surface area contributed by atoms with E-state index in [0.717, 1.165) is 5.56 Å². The number of hydrogen-bond acceptors (Lipinski definition) is 7. The van der Waals surface area contributed by atoms with Crippen LogP contribution in [0.15, 0.2) is 103 Å². The fourth-order valence-corrected chi connectivity index (χ4v) is 5.19. The number of benzene rings is 4. The zero-order valence-electron chi connectivity index (χ0n) is 21.9. The first-order chi connectivity index (χ1) is 19.5. The molecular weight excluding hydrogens is 508 g/mol. The SMILES string of the molecule is COc1cc([C@@H]2[C@@H]3C(=O)N(c4ccc(C)cc4)C(=O)[C@H]3ON2c2ccccc2)ccc1OC(=O)c1ccccc1. The molecule has 3 atom stereocenters. The monoisotopic (exact) mass is 534 g/mol. The number of anilines is 2. The fourth-order valence-electron chi connectivity index (χ4n) is 5.19. The number of carbonyl (C=O) groups is 3. The van der Waals surface area contributed by atoms with Crippen molar-refractivity contribution in [1.29, 1.82) is 0 Å². The van der Waals surface area contributed by atoms with E-state index in [4.69, 9.17) is 14.3 Å². The molecule has 0 aliphatic carbocycles. The number of para-hydroxylation sites is 1. The van der Waals surface area contributed by atoms with Crippen LogP contribution in [0.4, 0.5) is 11.4 Å². The maximum Gasteiger partial charge on any atom is 0.343 e. The van der Waals surface area contributed by atoms with Crippen molar-refractivity contribution in [3.8, 4) is 11.5 Å². The number of nitrogens with zero attached hydrogens (tertiary/aromatic N) is 2. The van der Waals surface area contributed by atoms with Crippen LogP contribution in [0.5, 0.6) is 11.5 Å². The molecule has 4 aromatic carbocycles. The van der Waals surface area contributed by atoms with Crippen LogP contribution in [0.3, 0.4) is 0 Å². The Bertz CT molecular complexity index is 1570. The third-order valence-electron chi connectivity index (χ3n) is 7.16. The normalized spacial score (nSPS) is 20.0. The summed E-state index contributed by atoms with van der Waals surface area (Å²) in [5.74, 6) is -1.55. The van der Waals surface area contributed by atoms with Crippen LogP contribution in [-0.2, 0) is 14.4 Å². The lowest BCUT2D eigenvalue weighted by molar-refractivity contribution is -0.126. The standard InChI is InChI=1S/C32H26N2O6/c1-20-13-16-23(17-14-20)33-30(35)27-28(34(40-29(27)31(33)36)24-11-7-4-8-12-24)22-15-18-25(26(19-22)38-2)39-32(37)21-9-5-3-6-10-21/h3-19,27-29H,1-2H3/t27-,28+,29-/m0/s1. The molecule has 2 heterocycles. The minimum absolute atomic E-state index is 0.233. The van der Waals surface area contributed by atoms with E-state index in [1.54, 1.807) is 59.7 Å². The molecular formula is C32H26N2O6. The highest BCUT2D eigenvalue weighted by Gasteiger charge is 2.60. The van der Waals surface area contributed by atoms with Crippen LogP contribution in [0.25, 0.3) is 0 Å². The van der Waals surface area contributed by atoms with Crippen LogP contribution in [0.1, 0.15) is 27.5 Å². The Morgan fingerprint density at radius 2 is 1.45 bits per heavy atom. The van der Waals surface area contributed by atoms with E-state index >= 15 is 0 Å². The molecule has 2 saturated heterocycles. The number of rotatable bonds is 6. The summed E-state index contributed by atoms with van der Waals surface area (Å²) in [4.78, 5) is 47.5. The van der Waals surface area contributed by atoms with Crippen LogP contribution < -0.4 is 19.4 Å². The van der Waals surface area contributed by atoms with Gasteiger partial charge in [0.15, 0.2) is 17.6 Å². The van der Waals surface area contributed by atoms with Crippen molar-refractivity contribution in [2.24, 2.45) is 5.92 Å². The second kappa shape index (κ2) is 10.3. The second-order valence-electron chi connectivity index (χ2n) is 9.67. The van der Waals surface area contributed by atoms with E-state index in [0.29, 0.717) is 28.3 Å². The molecule has 0 N–H and O–H groups in total. The maximum atomic E-state index is 13.9. The number of esters is 1. The summed E-state index contributed by atoms with van der Waals surface area (Å²) in [6.45, 7) is 1.94. The molecule has 0 radical (unpaired) electrons. The molecule has 0 spiro atoms. The summed E-state index contributed by atoms with van der Waals surface area (Å²) < 4.78 is 11.2. The van der Waals surface area contributed by atoms with E-state index in [9.17, 15) is 14.4 Å². The second-order valence-corrected chi connectivity index (χ2v) is 9.67. The van der Waals surface area contributed by atoms with Crippen LogP contribution in [-0.4, -0.2) is 31.0 Å². The molecule has 8 heteroatoms. The van der Waals surface area contributed by atoms with Crippen molar-refractivity contribution < 1.29 is 28.7 Å². The number of hydrogen-bond donors (Lipinski definition) is 0. The first-order valence-electron chi connectivity index (χ1n) is 12.9. The number of aryl methyl sites for hydroxylation is 1. The molecule has 6 rings (SSSR count). The quantitative estimate of drug-likeness (QED) is 0.189. The molecule has 2 aliphatic rings. The van der Waals surface area contributed by atoms with Gasteiger partial charge in [-0.05, 0) is 61.0 Å². The van der Waals surface area contributed by atoms with Crippen molar-refractivity contribution in [1.82, 2.24) is 0 Å². The van der Waals surface area contributed by atoms with Crippen LogP contribution in [0, 0.1) is 12.8 Å². The highest BCUT2D eigenvalue weighted by molar-refractivity contribution is 6.23. The van der Waals surface area contributed by atoms with E-state index in [-0.39, 0.29) is 11.7 Å². The zero-order chi connectivity index (χ0) is 27.8. The molecule has 0 unspecified atom stereocenters. The Balaban J connectivity index is 1.38. The topological polar surface area (TPSA) is 85.4 Å². The Morgan fingerprint density at radius 3 is 2.12 bits per heavy atom. The average Bonchev–Trinajstić information content (AvgIpc) is 3.50. The Hall–Kier alpha value is -4.95. The van der Waals surface area contributed by atoms with Gasteiger partial charge in [0.1, 0.15) is 5.92 Å². The zero-order valence-corrected chi connectivity index (χ0v) is 21.9. The van der Waals surface area contributed by atoms with Crippen molar-refractivity contribution in [3.63, 3.8) is 0 Å². The number of amides is 2. The molecule has 4 aromatic rings. The number of imide groups is 1. The average molecular weight is 535 g/mol. The molecule has 0 saturated carbocycles. The molecule has 2 amide bonds. The predicted molar refractivity (Wildman–Crippen MR) is 148 cm³/mol. The third-order valence-corrected chi connectivity index (χ3v) is 7.16. The maximum absolute atomic E-state index is 13.9. The largest absolute Gasteiger partial charge is 0.493 e. The van der Waals surface area contributed by atoms with Gasteiger partial charge >= 0.3 is 5.97 Å². The van der Waals surface area contributed by atoms with Crippen LogP contribution in [0.2, 0.25) is 0 Å². The molecule has 2 fully saturated rings. The van der Waals surface area contributed by atoms with E-state index < -0.39 is 29.9 Å². The van der Waals surface area contributed by atoms with Gasteiger partial charge in [0.05, 0.1) is 30.1 Å². The Kier molecular flexibility index (Phi) is 6.53. The lowest BCUT2D eigenvalue weighted by Gasteiger charge is -2.29. The summed E-state index contributed by atoms with van der Waals surface area (Å²) in [5.41, 5.74) is 3.29.